The fraction of sp³-hybridized carbons (Fsp3) is 0.417. The molecule has 2 N–H and O–H groups in total. The maximum atomic E-state index is 10.7. The van der Waals surface area contributed by atoms with Gasteiger partial charge in [-0.25, -0.2) is 0 Å². The molecule has 0 radical (unpaired) electrons. The first-order valence-electron chi connectivity index (χ1n) is 5.81. The lowest BCUT2D eigenvalue weighted by molar-refractivity contribution is -0.384. The van der Waals surface area contributed by atoms with E-state index in [1.54, 1.807) is 0 Å². The van der Waals surface area contributed by atoms with Crippen molar-refractivity contribution in [3.63, 3.8) is 0 Å². The molecule has 0 bridgehead atoms. The lowest BCUT2D eigenvalue weighted by atomic mass is 10.2. The molecule has 0 saturated carbocycles. The summed E-state index contributed by atoms with van der Waals surface area (Å²) < 4.78 is 5.13. The molecule has 7 heteroatoms. The van der Waals surface area contributed by atoms with Crippen molar-refractivity contribution in [1.29, 1.82) is 0 Å². The van der Waals surface area contributed by atoms with Gasteiger partial charge in [0.25, 0.3) is 5.69 Å². The van der Waals surface area contributed by atoms with Gasteiger partial charge in [0.15, 0.2) is 5.11 Å². The molecule has 0 aliphatic rings. The van der Waals surface area contributed by atoms with Gasteiger partial charge in [-0.3, -0.25) is 10.1 Å². The van der Waals surface area contributed by atoms with Crippen LogP contribution >= 0.6 is 12.2 Å². The molecule has 1 rings (SSSR count). The molecule has 0 aromatic heterocycles. The standard InChI is InChI=1S/C12H17N3O3S/c1-8(2)7-13-12(19)14-10-6-9(15(16)17)4-5-11(10)18-3/h4-6,8H,7H2,1-3H3,(H2,13,14,19). The van der Waals surface area contributed by atoms with E-state index in [0.29, 0.717) is 22.5 Å². The van der Waals surface area contributed by atoms with E-state index in [9.17, 15) is 10.1 Å². The van der Waals surface area contributed by atoms with Crippen LogP contribution in [0.2, 0.25) is 0 Å². The van der Waals surface area contributed by atoms with E-state index in [4.69, 9.17) is 17.0 Å². The molecular formula is C12H17N3O3S. The smallest absolute Gasteiger partial charge is 0.271 e. The highest BCUT2D eigenvalue weighted by molar-refractivity contribution is 7.80. The number of hydrogen-bond donors (Lipinski definition) is 2. The maximum Gasteiger partial charge on any atom is 0.271 e. The molecular weight excluding hydrogens is 266 g/mol. The molecule has 0 heterocycles. The summed E-state index contributed by atoms with van der Waals surface area (Å²) in [6.45, 7) is 4.84. The largest absolute Gasteiger partial charge is 0.495 e. The number of nitro benzene ring substituents is 1. The summed E-state index contributed by atoms with van der Waals surface area (Å²) in [6.07, 6.45) is 0. The van der Waals surface area contributed by atoms with Crippen LogP contribution in [0, 0.1) is 16.0 Å². The van der Waals surface area contributed by atoms with Crippen LogP contribution in [0.4, 0.5) is 11.4 Å². The van der Waals surface area contributed by atoms with Crippen LogP contribution in [-0.4, -0.2) is 23.7 Å². The van der Waals surface area contributed by atoms with Crippen molar-refractivity contribution in [2.75, 3.05) is 19.0 Å². The zero-order valence-electron chi connectivity index (χ0n) is 11.1. The van der Waals surface area contributed by atoms with Crippen LogP contribution in [0.25, 0.3) is 0 Å². The molecule has 1 aromatic rings. The van der Waals surface area contributed by atoms with Crippen LogP contribution in [0.5, 0.6) is 5.75 Å². The molecule has 19 heavy (non-hydrogen) atoms. The zero-order chi connectivity index (χ0) is 14.4. The van der Waals surface area contributed by atoms with E-state index in [1.807, 2.05) is 0 Å². The summed E-state index contributed by atoms with van der Waals surface area (Å²) in [7, 11) is 1.50. The van der Waals surface area contributed by atoms with Gasteiger partial charge in [-0.05, 0) is 24.2 Å². The van der Waals surface area contributed by atoms with E-state index >= 15 is 0 Å². The van der Waals surface area contributed by atoms with Crippen molar-refractivity contribution in [3.05, 3.63) is 28.3 Å². The fourth-order valence-electron chi connectivity index (χ4n) is 1.37. The van der Waals surface area contributed by atoms with Crippen molar-refractivity contribution < 1.29 is 9.66 Å². The molecule has 6 nitrogen and oxygen atoms in total. The predicted octanol–water partition coefficient (Wildman–Crippen LogP) is 2.55. The van der Waals surface area contributed by atoms with Gasteiger partial charge in [-0.15, -0.1) is 0 Å². The average Bonchev–Trinajstić information content (AvgIpc) is 2.36. The van der Waals surface area contributed by atoms with Gasteiger partial charge in [0, 0.05) is 18.7 Å². The lowest BCUT2D eigenvalue weighted by Gasteiger charge is -2.14. The van der Waals surface area contributed by atoms with Crippen molar-refractivity contribution >= 4 is 28.7 Å². The number of non-ortho nitro benzene ring substituents is 1. The van der Waals surface area contributed by atoms with Gasteiger partial charge in [0.1, 0.15) is 5.75 Å². The molecule has 0 saturated heterocycles. The highest BCUT2D eigenvalue weighted by Gasteiger charge is 2.12. The van der Waals surface area contributed by atoms with E-state index in [0.717, 1.165) is 6.54 Å². The van der Waals surface area contributed by atoms with Crippen molar-refractivity contribution in [2.24, 2.45) is 5.92 Å². The summed E-state index contributed by atoms with van der Waals surface area (Å²) in [5.74, 6) is 0.950. The molecule has 0 spiro atoms. The molecule has 0 atom stereocenters. The number of anilines is 1. The summed E-state index contributed by atoms with van der Waals surface area (Å²) in [5, 5.41) is 17.1. The van der Waals surface area contributed by atoms with Gasteiger partial charge in [-0.1, -0.05) is 13.8 Å². The van der Waals surface area contributed by atoms with Crippen molar-refractivity contribution in [3.8, 4) is 5.75 Å². The first kappa shape index (κ1) is 15.2. The molecule has 0 aliphatic heterocycles. The third-order valence-electron chi connectivity index (χ3n) is 2.31. The number of ether oxygens (including phenoxy) is 1. The molecule has 0 aliphatic carbocycles. The number of benzene rings is 1. The number of nitrogens with one attached hydrogen (secondary N) is 2. The number of methoxy groups -OCH3 is 1. The first-order valence-corrected chi connectivity index (χ1v) is 6.22. The number of nitrogens with zero attached hydrogens (tertiary/aromatic N) is 1. The summed E-state index contributed by atoms with van der Waals surface area (Å²) >= 11 is 5.12. The van der Waals surface area contributed by atoms with E-state index in [1.165, 1.54) is 25.3 Å². The van der Waals surface area contributed by atoms with Crippen LogP contribution < -0.4 is 15.4 Å². The van der Waals surface area contributed by atoms with Gasteiger partial charge in [-0.2, -0.15) is 0 Å². The Labute approximate surface area is 117 Å². The molecule has 0 fully saturated rings. The normalized spacial score (nSPS) is 10.1. The van der Waals surface area contributed by atoms with E-state index in [2.05, 4.69) is 24.5 Å². The molecule has 0 unspecified atom stereocenters. The Balaban J connectivity index is 2.82. The Bertz CT molecular complexity index is 477. The fourth-order valence-corrected chi connectivity index (χ4v) is 1.56. The molecule has 0 amide bonds. The highest BCUT2D eigenvalue weighted by atomic mass is 32.1. The van der Waals surface area contributed by atoms with Gasteiger partial charge >= 0.3 is 0 Å². The van der Waals surface area contributed by atoms with Crippen molar-refractivity contribution in [1.82, 2.24) is 5.32 Å². The lowest BCUT2D eigenvalue weighted by Crippen LogP contribution is -2.31. The second kappa shape index (κ2) is 6.89. The predicted molar refractivity (Wildman–Crippen MR) is 78.7 cm³/mol. The van der Waals surface area contributed by atoms with Crippen LogP contribution in [0.15, 0.2) is 18.2 Å². The Morgan fingerprint density at radius 3 is 2.74 bits per heavy atom. The second-order valence-corrected chi connectivity index (χ2v) is 4.78. The third kappa shape index (κ3) is 4.70. The van der Waals surface area contributed by atoms with Crippen LogP contribution in [-0.2, 0) is 0 Å². The Hall–Kier alpha value is -1.89. The number of rotatable bonds is 5. The monoisotopic (exact) mass is 283 g/mol. The van der Waals surface area contributed by atoms with Crippen LogP contribution in [0.1, 0.15) is 13.8 Å². The average molecular weight is 283 g/mol. The SMILES string of the molecule is COc1ccc([N+](=O)[O-])cc1NC(=S)NCC(C)C. The Morgan fingerprint density at radius 2 is 2.21 bits per heavy atom. The van der Waals surface area contributed by atoms with Gasteiger partial charge in [0.05, 0.1) is 17.7 Å². The van der Waals surface area contributed by atoms with Gasteiger partial charge < -0.3 is 15.4 Å². The van der Waals surface area contributed by atoms with Gasteiger partial charge in [0.2, 0.25) is 0 Å². The zero-order valence-corrected chi connectivity index (χ0v) is 11.9. The topological polar surface area (TPSA) is 76.4 Å². The summed E-state index contributed by atoms with van der Waals surface area (Å²) in [4.78, 5) is 10.3. The quantitative estimate of drug-likeness (QED) is 0.491. The number of thiocarbonyl (C=S) groups is 1. The highest BCUT2D eigenvalue weighted by Crippen LogP contribution is 2.28. The third-order valence-corrected chi connectivity index (χ3v) is 2.56. The minimum Gasteiger partial charge on any atom is -0.495 e. The maximum absolute atomic E-state index is 10.7. The minimum absolute atomic E-state index is 0.0186. The minimum atomic E-state index is -0.463. The summed E-state index contributed by atoms with van der Waals surface area (Å²) in [6, 6.07) is 4.31. The van der Waals surface area contributed by atoms with Crippen LogP contribution in [0.3, 0.4) is 0 Å². The van der Waals surface area contributed by atoms with E-state index in [-0.39, 0.29) is 5.69 Å². The number of nitro groups is 1. The van der Waals surface area contributed by atoms with E-state index < -0.39 is 4.92 Å². The second-order valence-electron chi connectivity index (χ2n) is 4.37. The Kier molecular flexibility index (Phi) is 5.50. The first-order chi connectivity index (χ1) is 8.93. The molecule has 104 valence electrons. The Morgan fingerprint density at radius 1 is 1.53 bits per heavy atom. The summed E-state index contributed by atoms with van der Waals surface area (Å²) in [5.41, 5.74) is 0.452. The number of hydrogen-bond acceptors (Lipinski definition) is 4. The van der Waals surface area contributed by atoms with Crippen molar-refractivity contribution in [2.45, 2.75) is 13.8 Å². The molecule has 1 aromatic carbocycles.